The third-order valence-electron chi connectivity index (χ3n) is 2.27. The van der Waals surface area contributed by atoms with E-state index >= 15 is 0 Å². The van der Waals surface area contributed by atoms with Gasteiger partial charge in [0.2, 0.25) is 5.91 Å². The summed E-state index contributed by atoms with van der Waals surface area (Å²) in [5.41, 5.74) is 0.666. The van der Waals surface area contributed by atoms with Crippen LogP contribution in [0.25, 0.3) is 0 Å². The molecule has 4 nitrogen and oxygen atoms in total. The van der Waals surface area contributed by atoms with Gasteiger partial charge in [-0.2, -0.15) is 0 Å². The van der Waals surface area contributed by atoms with Crippen molar-refractivity contribution in [3.05, 3.63) is 29.8 Å². The van der Waals surface area contributed by atoms with Crippen LogP contribution in [0.2, 0.25) is 0 Å². The highest BCUT2D eigenvalue weighted by Gasteiger charge is 2.28. The molecule has 2 N–H and O–H groups in total. The van der Waals surface area contributed by atoms with Crippen molar-refractivity contribution < 1.29 is 23.4 Å². The van der Waals surface area contributed by atoms with Gasteiger partial charge in [-0.15, -0.1) is 0 Å². The number of aliphatic hydroxyl groups is 1. The lowest BCUT2D eigenvalue weighted by Crippen LogP contribution is -2.39. The van der Waals surface area contributed by atoms with Crippen LogP contribution in [0.1, 0.15) is 5.56 Å². The Kier molecular flexibility index (Phi) is 5.03. The molecule has 0 atom stereocenters. The number of carbonyl (C=O) groups is 1. The lowest BCUT2D eigenvalue weighted by molar-refractivity contribution is -0.123. The zero-order valence-electron chi connectivity index (χ0n) is 9.95. The van der Waals surface area contributed by atoms with Gasteiger partial charge < -0.3 is 15.2 Å². The SMILES string of the molecule is COc1cccc(CC(=O)NCC(F)(F)CO)c1. The first-order valence-electron chi connectivity index (χ1n) is 5.35. The largest absolute Gasteiger partial charge is 0.497 e. The number of alkyl halides is 2. The highest BCUT2D eigenvalue weighted by atomic mass is 19.3. The van der Waals surface area contributed by atoms with Crippen molar-refractivity contribution in [3.63, 3.8) is 0 Å². The van der Waals surface area contributed by atoms with E-state index in [-0.39, 0.29) is 6.42 Å². The quantitative estimate of drug-likeness (QED) is 0.800. The number of hydrogen-bond acceptors (Lipinski definition) is 3. The maximum atomic E-state index is 12.7. The van der Waals surface area contributed by atoms with Crippen LogP contribution in [-0.2, 0) is 11.2 Å². The van der Waals surface area contributed by atoms with Crippen molar-refractivity contribution in [1.82, 2.24) is 5.32 Å². The molecule has 0 spiro atoms. The maximum absolute atomic E-state index is 12.7. The fraction of sp³-hybridized carbons (Fsp3) is 0.417. The van der Waals surface area contributed by atoms with Crippen molar-refractivity contribution >= 4 is 5.91 Å². The Labute approximate surface area is 104 Å². The van der Waals surface area contributed by atoms with E-state index in [1.165, 1.54) is 7.11 Å². The van der Waals surface area contributed by atoms with Gasteiger partial charge in [0.1, 0.15) is 12.4 Å². The normalized spacial score (nSPS) is 11.1. The van der Waals surface area contributed by atoms with Gasteiger partial charge in [0.05, 0.1) is 20.1 Å². The minimum atomic E-state index is -3.29. The van der Waals surface area contributed by atoms with Crippen LogP contribution in [-0.4, -0.2) is 37.2 Å². The molecule has 0 aliphatic carbocycles. The Morgan fingerprint density at radius 2 is 2.22 bits per heavy atom. The molecule has 1 rings (SSSR count). The third kappa shape index (κ3) is 4.67. The van der Waals surface area contributed by atoms with Crippen molar-refractivity contribution in [2.75, 3.05) is 20.3 Å². The van der Waals surface area contributed by atoms with E-state index in [1.54, 1.807) is 24.3 Å². The van der Waals surface area contributed by atoms with Gasteiger partial charge >= 0.3 is 0 Å². The van der Waals surface area contributed by atoms with E-state index in [1.807, 2.05) is 0 Å². The first-order chi connectivity index (χ1) is 8.46. The molecule has 18 heavy (non-hydrogen) atoms. The summed E-state index contributed by atoms with van der Waals surface area (Å²) in [5.74, 6) is -3.22. The molecule has 100 valence electrons. The summed E-state index contributed by atoms with van der Waals surface area (Å²) >= 11 is 0. The summed E-state index contributed by atoms with van der Waals surface area (Å²) in [5, 5.41) is 10.4. The van der Waals surface area contributed by atoms with Crippen molar-refractivity contribution in [1.29, 1.82) is 0 Å². The fourth-order valence-electron chi connectivity index (χ4n) is 1.31. The number of methoxy groups -OCH3 is 1. The standard InChI is InChI=1S/C12H15F2NO3/c1-18-10-4-2-3-9(5-10)6-11(17)15-7-12(13,14)8-16/h2-5,16H,6-8H2,1H3,(H,15,17). The smallest absolute Gasteiger partial charge is 0.287 e. The second-order valence-electron chi connectivity index (χ2n) is 3.82. The molecule has 1 amide bonds. The topological polar surface area (TPSA) is 58.6 Å². The molecule has 0 heterocycles. The summed E-state index contributed by atoms with van der Waals surface area (Å²) in [6.45, 7) is -2.15. The second kappa shape index (κ2) is 6.30. The van der Waals surface area contributed by atoms with Crippen LogP contribution in [0, 0.1) is 0 Å². The minimum absolute atomic E-state index is 0.0152. The van der Waals surface area contributed by atoms with Gasteiger partial charge in [0, 0.05) is 0 Å². The van der Waals surface area contributed by atoms with Crippen molar-refractivity contribution in [2.24, 2.45) is 0 Å². The van der Waals surface area contributed by atoms with Gasteiger partial charge in [0.15, 0.2) is 0 Å². The summed E-state index contributed by atoms with van der Waals surface area (Å²) in [7, 11) is 1.50. The number of ether oxygens (including phenoxy) is 1. The van der Waals surface area contributed by atoms with Gasteiger partial charge in [-0.3, -0.25) is 4.79 Å². The predicted molar refractivity (Wildman–Crippen MR) is 61.7 cm³/mol. The lowest BCUT2D eigenvalue weighted by atomic mass is 10.1. The summed E-state index contributed by atoms with van der Waals surface area (Å²) in [6, 6.07) is 6.79. The van der Waals surface area contributed by atoms with Crippen LogP contribution < -0.4 is 10.1 Å². The number of rotatable bonds is 6. The number of aliphatic hydroxyl groups excluding tert-OH is 1. The second-order valence-corrected chi connectivity index (χ2v) is 3.82. The van der Waals surface area contributed by atoms with Gasteiger partial charge in [-0.25, -0.2) is 8.78 Å². The Balaban J connectivity index is 2.49. The van der Waals surface area contributed by atoms with Crippen molar-refractivity contribution in [2.45, 2.75) is 12.3 Å². The fourth-order valence-corrected chi connectivity index (χ4v) is 1.31. The van der Waals surface area contributed by atoms with E-state index in [9.17, 15) is 13.6 Å². The molecule has 0 aliphatic heterocycles. The molecule has 0 aliphatic rings. The van der Waals surface area contributed by atoms with E-state index in [0.29, 0.717) is 11.3 Å². The molecule has 0 unspecified atom stereocenters. The van der Waals surface area contributed by atoms with E-state index in [4.69, 9.17) is 9.84 Å². The lowest BCUT2D eigenvalue weighted by Gasteiger charge is -2.14. The molecule has 1 aromatic carbocycles. The van der Waals surface area contributed by atoms with Crippen LogP contribution in [0.3, 0.4) is 0 Å². The number of benzene rings is 1. The average molecular weight is 259 g/mol. The average Bonchev–Trinajstić information content (AvgIpc) is 2.37. The minimum Gasteiger partial charge on any atom is -0.497 e. The Bertz CT molecular complexity index is 410. The molecule has 0 saturated heterocycles. The molecule has 0 radical (unpaired) electrons. The molecule has 0 fully saturated rings. The molecule has 1 aromatic rings. The van der Waals surface area contributed by atoms with E-state index < -0.39 is 25.0 Å². The maximum Gasteiger partial charge on any atom is 0.287 e. The molecule has 0 aromatic heterocycles. The van der Waals surface area contributed by atoms with Crippen LogP contribution in [0.15, 0.2) is 24.3 Å². The number of amides is 1. The predicted octanol–water partition coefficient (Wildman–Crippen LogP) is 0.981. The molecule has 0 bridgehead atoms. The van der Waals surface area contributed by atoms with Gasteiger partial charge in [-0.05, 0) is 17.7 Å². The monoisotopic (exact) mass is 259 g/mol. The van der Waals surface area contributed by atoms with Crippen molar-refractivity contribution in [3.8, 4) is 5.75 Å². The van der Waals surface area contributed by atoms with E-state index in [0.717, 1.165) is 0 Å². The number of carbonyl (C=O) groups excluding carboxylic acids is 1. The summed E-state index contributed by atoms with van der Waals surface area (Å²) in [6.07, 6.45) is -0.0152. The molecule has 6 heteroatoms. The number of hydrogen-bond donors (Lipinski definition) is 2. The Morgan fingerprint density at radius 3 is 2.83 bits per heavy atom. The molecular weight excluding hydrogens is 244 g/mol. The first-order valence-corrected chi connectivity index (χ1v) is 5.35. The van der Waals surface area contributed by atoms with Gasteiger partial charge in [-0.1, -0.05) is 12.1 Å². The molecule has 0 saturated carbocycles. The van der Waals surface area contributed by atoms with Crippen LogP contribution in [0.4, 0.5) is 8.78 Å². The Hall–Kier alpha value is -1.69. The summed E-state index contributed by atoms with van der Waals surface area (Å²) in [4.78, 5) is 11.4. The van der Waals surface area contributed by atoms with Crippen LogP contribution >= 0.6 is 0 Å². The summed E-state index contributed by atoms with van der Waals surface area (Å²) < 4.78 is 30.4. The van der Waals surface area contributed by atoms with Crippen LogP contribution in [0.5, 0.6) is 5.75 Å². The Morgan fingerprint density at radius 1 is 1.50 bits per heavy atom. The molecular formula is C12H15F2NO3. The highest BCUT2D eigenvalue weighted by Crippen LogP contribution is 2.13. The number of halogens is 2. The first kappa shape index (κ1) is 14.4. The zero-order chi connectivity index (χ0) is 13.6. The van der Waals surface area contributed by atoms with Gasteiger partial charge in [0.25, 0.3) is 5.92 Å². The number of nitrogens with one attached hydrogen (secondary N) is 1. The zero-order valence-corrected chi connectivity index (χ0v) is 9.95. The highest BCUT2D eigenvalue weighted by molar-refractivity contribution is 5.78. The van der Waals surface area contributed by atoms with E-state index in [2.05, 4.69) is 5.32 Å². The third-order valence-corrected chi connectivity index (χ3v) is 2.27.